The second-order valence-electron chi connectivity index (χ2n) is 8.15. The number of ether oxygens (including phenoxy) is 1. The highest BCUT2D eigenvalue weighted by Gasteiger charge is 2.28. The van der Waals surface area contributed by atoms with E-state index in [9.17, 15) is 9.59 Å². The number of pyridine rings is 1. The number of aromatic nitrogens is 1. The van der Waals surface area contributed by atoms with E-state index in [0.29, 0.717) is 43.3 Å². The van der Waals surface area contributed by atoms with Crippen molar-refractivity contribution in [3.63, 3.8) is 0 Å². The summed E-state index contributed by atoms with van der Waals surface area (Å²) in [5.74, 6) is -0.962. The van der Waals surface area contributed by atoms with Crippen molar-refractivity contribution in [3.8, 4) is 11.3 Å². The highest BCUT2D eigenvalue weighted by atomic mass is 35.5. The molecule has 0 saturated carbocycles. The molecule has 0 spiro atoms. The second-order valence-corrected chi connectivity index (χ2v) is 9.02. The minimum atomic E-state index is -1.15. The zero-order valence-electron chi connectivity index (χ0n) is 18.9. The number of halogens is 2. The minimum absolute atomic E-state index is 0.311. The van der Waals surface area contributed by atoms with E-state index in [-0.39, 0.29) is 5.78 Å². The molecule has 0 unspecified atom stereocenters. The van der Waals surface area contributed by atoms with E-state index in [4.69, 9.17) is 32.9 Å². The first kappa shape index (κ1) is 23.7. The van der Waals surface area contributed by atoms with E-state index in [1.807, 2.05) is 36.4 Å². The number of carbonyl (C=O) groups is 2. The van der Waals surface area contributed by atoms with Crippen molar-refractivity contribution >= 4 is 45.9 Å². The normalized spacial score (nSPS) is 11.7. The fourth-order valence-electron chi connectivity index (χ4n) is 3.95. The molecule has 0 saturated heterocycles. The van der Waals surface area contributed by atoms with Crippen LogP contribution < -0.4 is 0 Å². The molecule has 0 aliphatic heterocycles. The highest BCUT2D eigenvalue weighted by Crippen LogP contribution is 2.30. The Balaban J connectivity index is 1.57. The van der Waals surface area contributed by atoms with Crippen LogP contribution in [0.3, 0.4) is 0 Å². The molecule has 0 aliphatic rings. The number of hydrogen-bond donors (Lipinski definition) is 0. The number of para-hydroxylation sites is 1. The fourth-order valence-corrected chi connectivity index (χ4v) is 4.20. The Hall–Kier alpha value is -3.99. The smallest absolute Gasteiger partial charge is 0.339 e. The summed E-state index contributed by atoms with van der Waals surface area (Å²) in [6.07, 6.45) is -1.15. The minimum Gasteiger partial charge on any atom is -0.445 e. The third-order valence-electron chi connectivity index (χ3n) is 5.77. The van der Waals surface area contributed by atoms with Gasteiger partial charge in [-0.3, -0.25) is 4.79 Å². The lowest BCUT2D eigenvalue weighted by Crippen LogP contribution is -2.20. The first-order valence-electron chi connectivity index (χ1n) is 11.2. The number of fused-ring (bicyclic) bond motifs is 1. The second kappa shape index (κ2) is 10.3. The van der Waals surface area contributed by atoms with Gasteiger partial charge in [-0.05, 0) is 36.4 Å². The maximum atomic E-state index is 13.6. The number of ketones is 1. The monoisotopic (exact) mass is 511 g/mol. The summed E-state index contributed by atoms with van der Waals surface area (Å²) >= 11 is 12.1. The number of hydrogen-bond acceptors (Lipinski definition) is 4. The topological polar surface area (TPSA) is 56.3 Å². The molecular weight excluding hydrogens is 493 g/mol. The first-order chi connectivity index (χ1) is 17.5. The molecule has 0 amide bonds. The van der Waals surface area contributed by atoms with Crippen molar-refractivity contribution in [1.82, 2.24) is 4.98 Å². The van der Waals surface area contributed by atoms with E-state index >= 15 is 0 Å². The van der Waals surface area contributed by atoms with Gasteiger partial charge in [0.15, 0.2) is 6.10 Å². The number of nitrogens with zero attached hydrogens (tertiary/aromatic N) is 1. The standard InChI is InChI=1S/C30H19Cl2NO3/c31-22-14-10-19(11-15-22)27-18-25(24-8-4-5-9-26(24)33-27)30(35)36-29(21-12-16-23(32)17-13-21)28(34)20-6-2-1-3-7-20/h1-18,29H/t29-/m0/s1. The van der Waals surface area contributed by atoms with Gasteiger partial charge in [0.2, 0.25) is 5.78 Å². The predicted octanol–water partition coefficient (Wildman–Crippen LogP) is 7.99. The van der Waals surface area contributed by atoms with Crippen molar-refractivity contribution < 1.29 is 14.3 Å². The predicted molar refractivity (Wildman–Crippen MR) is 143 cm³/mol. The van der Waals surface area contributed by atoms with Gasteiger partial charge in [-0.1, -0.05) is 96.0 Å². The van der Waals surface area contributed by atoms with E-state index < -0.39 is 12.1 Å². The van der Waals surface area contributed by atoms with Gasteiger partial charge >= 0.3 is 5.97 Å². The lowest BCUT2D eigenvalue weighted by Gasteiger charge is -2.18. The number of rotatable bonds is 6. The zero-order valence-corrected chi connectivity index (χ0v) is 20.4. The molecule has 5 rings (SSSR count). The van der Waals surface area contributed by atoms with Crippen LogP contribution in [0.1, 0.15) is 32.4 Å². The SMILES string of the molecule is O=C(O[C@H](C(=O)c1ccccc1)c1ccc(Cl)cc1)c1cc(-c2ccc(Cl)cc2)nc2ccccc12. The molecule has 5 aromatic rings. The third-order valence-corrected chi connectivity index (χ3v) is 6.27. The van der Waals surface area contributed by atoms with Crippen LogP contribution in [0.15, 0.2) is 109 Å². The largest absolute Gasteiger partial charge is 0.445 e. The molecule has 36 heavy (non-hydrogen) atoms. The lowest BCUT2D eigenvalue weighted by atomic mass is 9.99. The molecular formula is C30H19Cl2NO3. The molecule has 0 N–H and O–H groups in total. The van der Waals surface area contributed by atoms with Crippen LogP contribution in [0.5, 0.6) is 0 Å². The van der Waals surface area contributed by atoms with Gasteiger partial charge in [0.25, 0.3) is 0 Å². The van der Waals surface area contributed by atoms with Gasteiger partial charge in [0.05, 0.1) is 16.8 Å². The van der Waals surface area contributed by atoms with Crippen molar-refractivity contribution in [2.75, 3.05) is 0 Å². The maximum Gasteiger partial charge on any atom is 0.339 e. The van der Waals surface area contributed by atoms with Gasteiger partial charge in [-0.2, -0.15) is 0 Å². The quantitative estimate of drug-likeness (QED) is 0.171. The summed E-state index contributed by atoms with van der Waals surface area (Å²) in [7, 11) is 0. The van der Waals surface area contributed by atoms with Crippen molar-refractivity contribution in [1.29, 1.82) is 0 Å². The lowest BCUT2D eigenvalue weighted by molar-refractivity contribution is 0.0282. The Morgan fingerprint density at radius 2 is 1.33 bits per heavy atom. The molecule has 1 heterocycles. The Labute approximate surface area is 218 Å². The summed E-state index contributed by atoms with van der Waals surface area (Å²) in [4.78, 5) is 31.8. The zero-order chi connectivity index (χ0) is 25.1. The van der Waals surface area contributed by atoms with E-state index in [1.54, 1.807) is 72.8 Å². The van der Waals surface area contributed by atoms with Crippen molar-refractivity contribution in [3.05, 3.63) is 136 Å². The van der Waals surface area contributed by atoms with Crippen LogP contribution >= 0.6 is 23.2 Å². The van der Waals surface area contributed by atoms with Crippen LogP contribution in [-0.2, 0) is 4.74 Å². The number of benzene rings is 4. The molecule has 0 bridgehead atoms. The summed E-state index contributed by atoms with van der Waals surface area (Å²) in [5.41, 5.74) is 3.30. The van der Waals surface area contributed by atoms with E-state index in [2.05, 4.69) is 0 Å². The first-order valence-corrected chi connectivity index (χ1v) is 12.0. The Morgan fingerprint density at radius 1 is 0.722 bits per heavy atom. The Kier molecular flexibility index (Phi) is 6.81. The highest BCUT2D eigenvalue weighted by molar-refractivity contribution is 6.30. The third kappa shape index (κ3) is 5.01. The van der Waals surface area contributed by atoms with Crippen LogP contribution in [0.2, 0.25) is 10.0 Å². The Bertz CT molecular complexity index is 1550. The number of carbonyl (C=O) groups excluding carboxylic acids is 2. The molecule has 176 valence electrons. The average Bonchev–Trinajstić information content (AvgIpc) is 2.92. The number of esters is 1. The molecule has 4 aromatic carbocycles. The fraction of sp³-hybridized carbons (Fsp3) is 0.0333. The molecule has 0 fully saturated rings. The molecule has 0 aliphatic carbocycles. The van der Waals surface area contributed by atoms with Crippen LogP contribution in [0.4, 0.5) is 0 Å². The average molecular weight is 512 g/mol. The molecule has 0 radical (unpaired) electrons. The van der Waals surface area contributed by atoms with Crippen molar-refractivity contribution in [2.45, 2.75) is 6.10 Å². The summed E-state index contributed by atoms with van der Waals surface area (Å²) < 4.78 is 5.92. The van der Waals surface area contributed by atoms with Gasteiger partial charge in [-0.15, -0.1) is 0 Å². The van der Waals surface area contributed by atoms with E-state index in [0.717, 1.165) is 5.56 Å². The van der Waals surface area contributed by atoms with Gasteiger partial charge < -0.3 is 4.74 Å². The summed E-state index contributed by atoms with van der Waals surface area (Å²) in [6, 6.07) is 31.6. The van der Waals surface area contributed by atoms with Crippen LogP contribution in [-0.4, -0.2) is 16.7 Å². The van der Waals surface area contributed by atoms with E-state index in [1.165, 1.54) is 0 Å². The molecule has 1 aromatic heterocycles. The number of Topliss-reactive ketones (excluding diaryl/α,β-unsaturated/α-hetero) is 1. The molecule has 4 nitrogen and oxygen atoms in total. The van der Waals surface area contributed by atoms with Crippen LogP contribution in [0.25, 0.3) is 22.2 Å². The van der Waals surface area contributed by atoms with Crippen molar-refractivity contribution in [2.24, 2.45) is 0 Å². The Morgan fingerprint density at radius 3 is 2.03 bits per heavy atom. The van der Waals surface area contributed by atoms with Crippen LogP contribution in [0, 0.1) is 0 Å². The summed E-state index contributed by atoms with van der Waals surface area (Å²) in [5, 5.41) is 1.75. The van der Waals surface area contributed by atoms with Gasteiger partial charge in [-0.25, -0.2) is 9.78 Å². The molecule has 1 atom stereocenters. The maximum absolute atomic E-state index is 13.6. The summed E-state index contributed by atoms with van der Waals surface area (Å²) in [6.45, 7) is 0. The van der Waals surface area contributed by atoms with Gasteiger partial charge in [0, 0.05) is 32.1 Å². The van der Waals surface area contributed by atoms with Gasteiger partial charge in [0.1, 0.15) is 0 Å². The molecule has 6 heteroatoms.